The average Bonchev–Trinajstić information content (AvgIpc) is 2.14. The highest BCUT2D eigenvalue weighted by atomic mass is 32.2. The summed E-state index contributed by atoms with van der Waals surface area (Å²) in [7, 11) is -3.46. The van der Waals surface area contributed by atoms with Crippen LogP contribution >= 0.6 is 0 Å². The maximum atomic E-state index is 11.0. The fourth-order valence-corrected chi connectivity index (χ4v) is 2.92. The van der Waals surface area contributed by atoms with E-state index in [1.165, 1.54) is 0 Å². The van der Waals surface area contributed by atoms with Gasteiger partial charge < -0.3 is 10.2 Å². The Morgan fingerprint density at radius 2 is 1.47 bits per heavy atom. The van der Waals surface area contributed by atoms with Gasteiger partial charge in [-0.2, -0.15) is 0 Å². The van der Waals surface area contributed by atoms with Crippen LogP contribution in [0, 0.1) is 11.8 Å². The summed E-state index contributed by atoms with van der Waals surface area (Å²) in [4.78, 5) is 21.7. The predicted octanol–water partition coefficient (Wildman–Crippen LogP) is -0.510. The molecule has 1 aliphatic carbocycles. The van der Waals surface area contributed by atoms with Gasteiger partial charge in [-0.15, -0.1) is 0 Å². The lowest BCUT2D eigenvalue weighted by atomic mass is 9.79. The molecule has 3 N–H and O–H groups in total. The van der Waals surface area contributed by atoms with Crippen LogP contribution < -0.4 is 4.72 Å². The Hall–Kier alpha value is -1.15. The zero-order valence-electron chi connectivity index (χ0n) is 9.29. The number of sulfonamides is 1. The number of carboxylic acids is 2. The van der Waals surface area contributed by atoms with E-state index in [4.69, 9.17) is 10.2 Å². The van der Waals surface area contributed by atoms with Crippen molar-refractivity contribution in [3.05, 3.63) is 0 Å². The standard InChI is InChI=1S/C9H15NO6S/c1-17(15,16)10-7-3-5(8(11)12)2-6(4-7)9(13)14/h5-7,10H,2-4H2,1H3,(H,11,12)(H,13,14). The van der Waals surface area contributed by atoms with Gasteiger partial charge in [0.1, 0.15) is 0 Å². The minimum atomic E-state index is -3.46. The van der Waals surface area contributed by atoms with Gasteiger partial charge in [-0.3, -0.25) is 9.59 Å². The summed E-state index contributed by atoms with van der Waals surface area (Å²) in [5, 5.41) is 17.8. The molecular weight excluding hydrogens is 250 g/mol. The normalized spacial score (nSPS) is 29.8. The Morgan fingerprint density at radius 3 is 1.76 bits per heavy atom. The first kappa shape index (κ1) is 13.9. The molecule has 7 nitrogen and oxygen atoms in total. The second kappa shape index (κ2) is 5.01. The maximum Gasteiger partial charge on any atom is 0.306 e. The van der Waals surface area contributed by atoms with Crippen molar-refractivity contribution in [1.82, 2.24) is 4.72 Å². The molecule has 0 spiro atoms. The van der Waals surface area contributed by atoms with Gasteiger partial charge in [0.15, 0.2) is 0 Å². The summed E-state index contributed by atoms with van der Waals surface area (Å²) in [6, 6.07) is -0.624. The highest BCUT2D eigenvalue weighted by molar-refractivity contribution is 7.88. The molecule has 8 heteroatoms. The van der Waals surface area contributed by atoms with Crippen molar-refractivity contribution in [2.45, 2.75) is 25.3 Å². The highest BCUT2D eigenvalue weighted by Crippen LogP contribution is 2.30. The topological polar surface area (TPSA) is 121 Å². The lowest BCUT2D eigenvalue weighted by Crippen LogP contribution is -2.43. The van der Waals surface area contributed by atoms with E-state index in [9.17, 15) is 18.0 Å². The van der Waals surface area contributed by atoms with Crippen LogP contribution in [0.3, 0.4) is 0 Å². The number of carboxylic acid groups (broad SMARTS) is 2. The van der Waals surface area contributed by atoms with Crippen LogP contribution in [0.5, 0.6) is 0 Å². The number of rotatable bonds is 4. The van der Waals surface area contributed by atoms with Crippen LogP contribution in [0.1, 0.15) is 19.3 Å². The first-order valence-electron chi connectivity index (χ1n) is 5.12. The minimum absolute atomic E-state index is 0.0482. The van der Waals surface area contributed by atoms with Crippen LogP contribution in [0.4, 0.5) is 0 Å². The molecule has 1 aliphatic rings. The third-order valence-corrected chi connectivity index (χ3v) is 3.55. The number of hydrogen-bond donors (Lipinski definition) is 3. The van der Waals surface area contributed by atoms with Gasteiger partial charge in [0, 0.05) is 6.04 Å². The Bertz CT molecular complexity index is 395. The molecule has 1 fully saturated rings. The van der Waals surface area contributed by atoms with E-state index in [0.717, 1.165) is 6.26 Å². The van der Waals surface area contributed by atoms with Crippen molar-refractivity contribution in [2.24, 2.45) is 11.8 Å². The third-order valence-electron chi connectivity index (χ3n) is 2.79. The Kier molecular flexibility index (Phi) is 4.10. The summed E-state index contributed by atoms with van der Waals surface area (Å²) in [6.45, 7) is 0. The molecule has 0 aliphatic heterocycles. The van der Waals surface area contributed by atoms with E-state index in [0.29, 0.717) is 0 Å². The summed E-state index contributed by atoms with van der Waals surface area (Å²) in [5.41, 5.74) is 0. The predicted molar refractivity (Wildman–Crippen MR) is 57.9 cm³/mol. The van der Waals surface area contributed by atoms with E-state index >= 15 is 0 Å². The zero-order valence-corrected chi connectivity index (χ0v) is 10.1. The van der Waals surface area contributed by atoms with Crippen molar-refractivity contribution in [1.29, 1.82) is 0 Å². The summed E-state index contributed by atoms with van der Waals surface area (Å²) >= 11 is 0. The quantitative estimate of drug-likeness (QED) is 0.629. The fraction of sp³-hybridized carbons (Fsp3) is 0.778. The number of carbonyl (C=O) groups is 2. The maximum absolute atomic E-state index is 11.0. The first-order chi connectivity index (χ1) is 7.69. The van der Waals surface area contributed by atoms with Crippen LogP contribution in [-0.4, -0.2) is 42.9 Å². The highest BCUT2D eigenvalue weighted by Gasteiger charge is 2.37. The minimum Gasteiger partial charge on any atom is -0.481 e. The molecule has 0 bridgehead atoms. The Balaban J connectivity index is 2.78. The summed E-state index contributed by atoms with van der Waals surface area (Å²) in [5.74, 6) is -3.80. The van der Waals surface area contributed by atoms with Gasteiger partial charge in [-0.05, 0) is 19.3 Å². The molecule has 0 aromatic rings. The molecule has 0 heterocycles. The number of aliphatic carboxylic acids is 2. The van der Waals surface area contributed by atoms with Gasteiger partial charge in [0.05, 0.1) is 18.1 Å². The molecule has 1 saturated carbocycles. The average molecular weight is 265 g/mol. The van der Waals surface area contributed by atoms with Crippen LogP contribution in [0.25, 0.3) is 0 Å². The molecule has 0 aromatic heterocycles. The van der Waals surface area contributed by atoms with Gasteiger partial charge in [0.2, 0.25) is 10.0 Å². The summed E-state index contributed by atoms with van der Waals surface area (Å²) in [6.07, 6.45) is 1.28. The zero-order chi connectivity index (χ0) is 13.2. The molecular formula is C9H15NO6S. The Labute approximate surface area is 98.9 Å². The van der Waals surface area contributed by atoms with E-state index < -0.39 is 39.8 Å². The van der Waals surface area contributed by atoms with E-state index in [2.05, 4.69) is 4.72 Å². The van der Waals surface area contributed by atoms with Crippen molar-refractivity contribution in [3.63, 3.8) is 0 Å². The third kappa shape index (κ3) is 4.31. The molecule has 2 atom stereocenters. The monoisotopic (exact) mass is 265 g/mol. The van der Waals surface area contributed by atoms with E-state index in [1.807, 2.05) is 0 Å². The van der Waals surface area contributed by atoms with Gasteiger partial charge in [0.25, 0.3) is 0 Å². The SMILES string of the molecule is CS(=O)(=O)NC1CC(C(=O)O)CC(C(=O)O)C1. The summed E-state index contributed by atoms with van der Waals surface area (Å²) < 4.78 is 24.4. The molecule has 0 radical (unpaired) electrons. The largest absolute Gasteiger partial charge is 0.481 e. The van der Waals surface area contributed by atoms with Crippen molar-refractivity contribution in [3.8, 4) is 0 Å². The second-order valence-electron chi connectivity index (χ2n) is 4.36. The van der Waals surface area contributed by atoms with Gasteiger partial charge >= 0.3 is 11.9 Å². The molecule has 0 aromatic carbocycles. The van der Waals surface area contributed by atoms with Crippen molar-refractivity contribution >= 4 is 22.0 Å². The fourth-order valence-electron chi connectivity index (χ4n) is 2.12. The van der Waals surface area contributed by atoms with Crippen LogP contribution in [0.15, 0.2) is 0 Å². The van der Waals surface area contributed by atoms with E-state index in [-0.39, 0.29) is 19.3 Å². The second-order valence-corrected chi connectivity index (χ2v) is 6.14. The van der Waals surface area contributed by atoms with Gasteiger partial charge in [-0.1, -0.05) is 0 Å². The van der Waals surface area contributed by atoms with Crippen molar-refractivity contribution in [2.75, 3.05) is 6.26 Å². The van der Waals surface area contributed by atoms with Crippen LogP contribution in [0.2, 0.25) is 0 Å². The Morgan fingerprint density at radius 1 is 1.06 bits per heavy atom. The number of nitrogens with one attached hydrogen (secondary N) is 1. The van der Waals surface area contributed by atoms with E-state index in [1.54, 1.807) is 0 Å². The smallest absolute Gasteiger partial charge is 0.306 e. The first-order valence-corrected chi connectivity index (χ1v) is 7.01. The molecule has 17 heavy (non-hydrogen) atoms. The lowest BCUT2D eigenvalue weighted by molar-refractivity contribution is -0.148. The molecule has 98 valence electrons. The molecule has 0 amide bonds. The molecule has 1 rings (SSSR count). The van der Waals surface area contributed by atoms with Gasteiger partial charge in [-0.25, -0.2) is 13.1 Å². The molecule has 2 unspecified atom stereocenters. The number of hydrogen-bond acceptors (Lipinski definition) is 4. The molecule has 0 saturated heterocycles. The van der Waals surface area contributed by atoms with Crippen LogP contribution in [-0.2, 0) is 19.6 Å². The van der Waals surface area contributed by atoms with Crippen molar-refractivity contribution < 1.29 is 28.2 Å². The lowest BCUT2D eigenvalue weighted by Gasteiger charge is -2.30.